The van der Waals surface area contributed by atoms with Crippen molar-refractivity contribution >= 4 is 0 Å². The number of hydrogen-bond acceptors (Lipinski definition) is 5. The van der Waals surface area contributed by atoms with Crippen molar-refractivity contribution in [3.63, 3.8) is 0 Å². The van der Waals surface area contributed by atoms with E-state index in [1.807, 2.05) is 18.2 Å². The van der Waals surface area contributed by atoms with Crippen LogP contribution in [0.4, 0.5) is 0 Å². The van der Waals surface area contributed by atoms with E-state index in [0.717, 1.165) is 17.9 Å². The number of benzene rings is 1. The van der Waals surface area contributed by atoms with Crippen LogP contribution in [0.3, 0.4) is 0 Å². The van der Waals surface area contributed by atoms with Gasteiger partial charge in [-0.25, -0.2) is 0 Å². The summed E-state index contributed by atoms with van der Waals surface area (Å²) in [6, 6.07) is 5.18. The van der Waals surface area contributed by atoms with Crippen molar-refractivity contribution in [2.45, 2.75) is 25.3 Å². The van der Waals surface area contributed by atoms with Gasteiger partial charge < -0.3 is 20.3 Å². The summed E-state index contributed by atoms with van der Waals surface area (Å²) >= 11 is 0. The molecule has 1 aromatic carbocycles. The van der Waals surface area contributed by atoms with Gasteiger partial charge in [-0.1, -0.05) is 12.5 Å². The fraction of sp³-hybridized carbons (Fsp3) is 0.625. The van der Waals surface area contributed by atoms with Gasteiger partial charge >= 0.3 is 0 Å². The lowest BCUT2D eigenvalue weighted by Gasteiger charge is -2.26. The first-order chi connectivity index (χ1) is 10.2. The molecule has 0 aromatic heterocycles. The number of piperidine rings is 1. The first-order valence-corrected chi connectivity index (χ1v) is 7.64. The number of nitrogens with zero attached hydrogens (tertiary/aromatic N) is 1. The molecular weight excluding hydrogens is 268 g/mol. The van der Waals surface area contributed by atoms with Crippen molar-refractivity contribution in [1.29, 1.82) is 0 Å². The van der Waals surface area contributed by atoms with Crippen LogP contribution >= 0.6 is 0 Å². The standard InChI is InChI=1S/C16H26N2O3/c1-20-16-11-13(14(17)12-19)5-6-15(16)21-10-9-18-7-3-2-4-8-18/h5-6,11,14,19H,2-4,7-10,12,17H2,1H3/t14-/m1/s1. The van der Waals surface area contributed by atoms with Crippen LogP contribution in [0.25, 0.3) is 0 Å². The summed E-state index contributed by atoms with van der Waals surface area (Å²) in [5.74, 6) is 1.39. The third-order valence-corrected chi connectivity index (χ3v) is 3.93. The first-order valence-electron chi connectivity index (χ1n) is 7.64. The molecule has 5 nitrogen and oxygen atoms in total. The molecule has 0 unspecified atom stereocenters. The highest BCUT2D eigenvalue weighted by Gasteiger charge is 2.12. The molecule has 0 amide bonds. The van der Waals surface area contributed by atoms with E-state index in [0.29, 0.717) is 12.4 Å². The summed E-state index contributed by atoms with van der Waals surface area (Å²) in [4.78, 5) is 2.44. The van der Waals surface area contributed by atoms with Crippen LogP contribution in [0.2, 0.25) is 0 Å². The molecule has 118 valence electrons. The van der Waals surface area contributed by atoms with Gasteiger partial charge in [0.25, 0.3) is 0 Å². The van der Waals surface area contributed by atoms with Crippen molar-refractivity contribution in [3.8, 4) is 11.5 Å². The minimum atomic E-state index is -0.388. The molecule has 21 heavy (non-hydrogen) atoms. The maximum absolute atomic E-state index is 9.10. The minimum absolute atomic E-state index is 0.0850. The Balaban J connectivity index is 1.89. The summed E-state index contributed by atoms with van der Waals surface area (Å²) in [6.07, 6.45) is 3.92. The highest BCUT2D eigenvalue weighted by atomic mass is 16.5. The number of likely N-dealkylation sites (tertiary alicyclic amines) is 1. The van der Waals surface area contributed by atoms with Crippen molar-refractivity contribution < 1.29 is 14.6 Å². The Morgan fingerprint density at radius 2 is 2.00 bits per heavy atom. The zero-order chi connectivity index (χ0) is 15.1. The molecule has 3 N–H and O–H groups in total. The summed E-state index contributed by atoms with van der Waals surface area (Å²) in [5, 5.41) is 9.10. The molecule has 1 saturated heterocycles. The Morgan fingerprint density at radius 3 is 2.67 bits per heavy atom. The van der Waals surface area contributed by atoms with E-state index in [9.17, 15) is 0 Å². The van der Waals surface area contributed by atoms with E-state index >= 15 is 0 Å². The van der Waals surface area contributed by atoms with Gasteiger partial charge in [-0.3, -0.25) is 4.90 Å². The van der Waals surface area contributed by atoms with Crippen molar-refractivity contribution in [2.75, 3.05) is 40.0 Å². The predicted molar refractivity (Wildman–Crippen MR) is 82.8 cm³/mol. The van der Waals surface area contributed by atoms with E-state index in [1.54, 1.807) is 7.11 Å². The Bertz CT molecular complexity index is 434. The van der Waals surface area contributed by atoms with Gasteiger partial charge in [0.15, 0.2) is 11.5 Å². The molecule has 1 heterocycles. The third kappa shape index (κ3) is 4.59. The van der Waals surface area contributed by atoms with Gasteiger partial charge in [0, 0.05) is 6.54 Å². The SMILES string of the molecule is COc1cc([C@H](N)CO)ccc1OCCN1CCCCC1. The predicted octanol–water partition coefficient (Wildman–Crippen LogP) is 1.55. The van der Waals surface area contributed by atoms with Gasteiger partial charge in [0.1, 0.15) is 6.61 Å². The molecular formula is C16H26N2O3. The van der Waals surface area contributed by atoms with Crippen LogP contribution in [0, 0.1) is 0 Å². The van der Waals surface area contributed by atoms with E-state index in [1.165, 1.54) is 32.4 Å². The number of aliphatic hydroxyl groups is 1. The lowest BCUT2D eigenvalue weighted by atomic mass is 10.1. The minimum Gasteiger partial charge on any atom is -0.493 e. The molecule has 5 heteroatoms. The highest BCUT2D eigenvalue weighted by molar-refractivity contribution is 5.43. The number of nitrogens with two attached hydrogens (primary N) is 1. The van der Waals surface area contributed by atoms with Crippen LogP contribution in [0.5, 0.6) is 11.5 Å². The quantitative estimate of drug-likeness (QED) is 0.798. The van der Waals surface area contributed by atoms with Crippen LogP contribution in [-0.4, -0.2) is 50.0 Å². The highest BCUT2D eigenvalue weighted by Crippen LogP contribution is 2.29. The van der Waals surface area contributed by atoms with Gasteiger partial charge in [0.05, 0.1) is 19.8 Å². The molecule has 0 spiro atoms. The van der Waals surface area contributed by atoms with Gasteiger partial charge in [-0.15, -0.1) is 0 Å². The molecule has 2 rings (SSSR count). The normalized spacial score (nSPS) is 17.5. The monoisotopic (exact) mass is 294 g/mol. The molecule has 1 atom stereocenters. The molecule has 1 aliphatic heterocycles. The van der Waals surface area contributed by atoms with E-state index in [-0.39, 0.29) is 12.6 Å². The Kier molecular flexibility index (Phi) is 6.29. The average molecular weight is 294 g/mol. The van der Waals surface area contributed by atoms with Gasteiger partial charge in [-0.05, 0) is 43.6 Å². The Hall–Kier alpha value is -1.30. The van der Waals surface area contributed by atoms with E-state index in [2.05, 4.69) is 4.90 Å². The molecule has 1 fully saturated rings. The summed E-state index contributed by atoms with van der Waals surface area (Å²) in [5.41, 5.74) is 6.66. The van der Waals surface area contributed by atoms with Crippen LogP contribution in [0.1, 0.15) is 30.9 Å². The number of hydrogen-bond donors (Lipinski definition) is 2. The molecule has 1 aliphatic rings. The lowest BCUT2D eigenvalue weighted by Crippen LogP contribution is -2.33. The Labute approximate surface area is 126 Å². The zero-order valence-electron chi connectivity index (χ0n) is 12.8. The molecule has 1 aromatic rings. The van der Waals surface area contributed by atoms with Gasteiger partial charge in [-0.2, -0.15) is 0 Å². The lowest BCUT2D eigenvalue weighted by molar-refractivity contribution is 0.180. The maximum Gasteiger partial charge on any atom is 0.161 e. The maximum atomic E-state index is 9.10. The first kappa shape index (κ1) is 16.1. The summed E-state index contributed by atoms with van der Waals surface area (Å²) < 4.78 is 11.2. The Morgan fingerprint density at radius 1 is 1.24 bits per heavy atom. The largest absolute Gasteiger partial charge is 0.493 e. The molecule has 0 radical (unpaired) electrons. The molecule has 0 aliphatic carbocycles. The van der Waals surface area contributed by atoms with E-state index < -0.39 is 0 Å². The fourth-order valence-corrected chi connectivity index (χ4v) is 2.61. The van der Waals surface area contributed by atoms with Gasteiger partial charge in [0.2, 0.25) is 0 Å². The third-order valence-electron chi connectivity index (χ3n) is 3.93. The fourth-order valence-electron chi connectivity index (χ4n) is 2.61. The molecule has 0 saturated carbocycles. The average Bonchev–Trinajstić information content (AvgIpc) is 2.55. The van der Waals surface area contributed by atoms with E-state index in [4.69, 9.17) is 20.3 Å². The topological polar surface area (TPSA) is 68.0 Å². The number of aliphatic hydroxyl groups excluding tert-OH is 1. The number of rotatable bonds is 7. The second-order valence-electron chi connectivity index (χ2n) is 5.45. The van der Waals surface area contributed by atoms with Crippen molar-refractivity contribution in [3.05, 3.63) is 23.8 Å². The molecule has 0 bridgehead atoms. The smallest absolute Gasteiger partial charge is 0.161 e. The second kappa shape index (κ2) is 8.22. The summed E-state index contributed by atoms with van der Waals surface area (Å²) in [7, 11) is 1.61. The summed E-state index contributed by atoms with van der Waals surface area (Å²) in [6.45, 7) is 3.86. The van der Waals surface area contributed by atoms with Crippen LogP contribution in [-0.2, 0) is 0 Å². The number of methoxy groups -OCH3 is 1. The van der Waals surface area contributed by atoms with Crippen LogP contribution < -0.4 is 15.2 Å². The second-order valence-corrected chi connectivity index (χ2v) is 5.45. The number of ether oxygens (including phenoxy) is 2. The van der Waals surface area contributed by atoms with Crippen molar-refractivity contribution in [2.24, 2.45) is 5.73 Å². The van der Waals surface area contributed by atoms with Crippen LogP contribution in [0.15, 0.2) is 18.2 Å². The zero-order valence-corrected chi connectivity index (χ0v) is 12.8. The van der Waals surface area contributed by atoms with Crippen molar-refractivity contribution in [1.82, 2.24) is 4.90 Å².